The van der Waals surface area contributed by atoms with Crippen LogP contribution in [0.5, 0.6) is 0 Å². The number of rotatable bonds is 2. The van der Waals surface area contributed by atoms with E-state index in [-0.39, 0.29) is 0 Å². The molecule has 0 rings (SSSR count). The lowest BCUT2D eigenvalue weighted by Crippen LogP contribution is -2.43. The first-order chi connectivity index (χ1) is 4.57. The van der Waals surface area contributed by atoms with Crippen molar-refractivity contribution < 1.29 is 19.4 Å². The van der Waals surface area contributed by atoms with Crippen LogP contribution >= 0.6 is 0 Å². The van der Waals surface area contributed by atoms with E-state index in [1.807, 2.05) is 0 Å². The van der Waals surface area contributed by atoms with Crippen molar-refractivity contribution >= 4 is 12.0 Å². The molecule has 0 saturated heterocycles. The van der Waals surface area contributed by atoms with Gasteiger partial charge in [0.15, 0.2) is 0 Å². The number of ether oxygens (including phenoxy) is 1. The molecule has 2 amide bonds. The number of aliphatic hydroxyl groups excluding tert-OH is 1. The maximum absolute atomic E-state index is 10.3. The Bertz CT molecular complexity index is 146. The van der Waals surface area contributed by atoms with Crippen molar-refractivity contribution in [2.45, 2.75) is 6.23 Å². The molecule has 1 unspecified atom stereocenters. The van der Waals surface area contributed by atoms with Gasteiger partial charge in [0, 0.05) is 0 Å². The Morgan fingerprint density at radius 3 is 2.50 bits per heavy atom. The third-order valence-corrected chi connectivity index (χ3v) is 0.703. The number of nitrogens with one attached hydrogen (secondary N) is 1. The molecule has 0 spiro atoms. The second-order valence-corrected chi connectivity index (χ2v) is 1.43. The molecule has 58 valence electrons. The van der Waals surface area contributed by atoms with E-state index in [4.69, 9.17) is 5.11 Å². The standard InChI is InChI=1S/C4H8N2O4/c1-10-3(8)2(7)6-4(5)9/h2,7H,1H3,(H3,5,6,9). The van der Waals surface area contributed by atoms with Crippen molar-refractivity contribution in [3.63, 3.8) is 0 Å². The Labute approximate surface area is 57.0 Å². The lowest BCUT2D eigenvalue weighted by Gasteiger charge is -2.06. The SMILES string of the molecule is COC(=O)C(O)NC(N)=O. The molecule has 6 nitrogen and oxygen atoms in total. The molecule has 1 atom stereocenters. The minimum absolute atomic E-state index is 0.959. The smallest absolute Gasteiger partial charge is 0.356 e. The lowest BCUT2D eigenvalue weighted by atomic mass is 10.6. The quantitative estimate of drug-likeness (QED) is 0.316. The van der Waals surface area contributed by atoms with Crippen LogP contribution in [0.2, 0.25) is 0 Å². The monoisotopic (exact) mass is 148 g/mol. The Morgan fingerprint density at radius 2 is 2.20 bits per heavy atom. The van der Waals surface area contributed by atoms with Crippen LogP contribution in [0.1, 0.15) is 0 Å². The summed E-state index contributed by atoms with van der Waals surface area (Å²) in [5.74, 6) is -0.959. The summed E-state index contributed by atoms with van der Waals surface area (Å²) >= 11 is 0. The fourth-order valence-corrected chi connectivity index (χ4v) is 0.305. The highest BCUT2D eigenvalue weighted by atomic mass is 16.5. The van der Waals surface area contributed by atoms with Gasteiger partial charge in [0.25, 0.3) is 0 Å². The summed E-state index contributed by atoms with van der Waals surface area (Å²) in [4.78, 5) is 20.3. The predicted molar refractivity (Wildman–Crippen MR) is 30.7 cm³/mol. The van der Waals surface area contributed by atoms with Crippen molar-refractivity contribution in [3.05, 3.63) is 0 Å². The Kier molecular flexibility index (Phi) is 3.20. The molecule has 0 aromatic carbocycles. The molecule has 0 aliphatic rings. The number of nitrogens with two attached hydrogens (primary N) is 1. The Balaban J connectivity index is 3.72. The number of primary amides is 1. The topological polar surface area (TPSA) is 102 Å². The highest BCUT2D eigenvalue weighted by molar-refractivity contribution is 5.81. The first kappa shape index (κ1) is 8.70. The molecule has 0 radical (unpaired) electrons. The summed E-state index contributed by atoms with van der Waals surface area (Å²) in [6.45, 7) is 0. The second kappa shape index (κ2) is 3.67. The van der Waals surface area contributed by atoms with E-state index in [1.54, 1.807) is 5.32 Å². The van der Waals surface area contributed by atoms with Gasteiger partial charge in [-0.25, -0.2) is 9.59 Å². The van der Waals surface area contributed by atoms with E-state index in [9.17, 15) is 9.59 Å². The maximum atomic E-state index is 10.3. The van der Waals surface area contributed by atoms with E-state index in [0.29, 0.717) is 0 Å². The molecule has 0 aliphatic heterocycles. The van der Waals surface area contributed by atoms with Crippen LogP contribution in [-0.2, 0) is 9.53 Å². The van der Waals surface area contributed by atoms with Crippen LogP contribution in [-0.4, -0.2) is 30.4 Å². The van der Waals surface area contributed by atoms with Gasteiger partial charge in [-0.3, -0.25) is 0 Å². The third-order valence-electron chi connectivity index (χ3n) is 0.703. The number of hydrogen-bond donors (Lipinski definition) is 3. The molecule has 0 aliphatic carbocycles. The Hall–Kier alpha value is -1.30. The molecule has 0 aromatic heterocycles. The van der Waals surface area contributed by atoms with Crippen molar-refractivity contribution in [1.82, 2.24) is 5.32 Å². The highest BCUT2D eigenvalue weighted by Gasteiger charge is 2.15. The summed E-state index contributed by atoms with van der Waals surface area (Å²) < 4.78 is 4.05. The number of aliphatic hydroxyl groups is 1. The van der Waals surface area contributed by atoms with Crippen LogP contribution in [0, 0.1) is 0 Å². The molecule has 0 bridgehead atoms. The van der Waals surface area contributed by atoms with Crippen LogP contribution < -0.4 is 11.1 Å². The van der Waals surface area contributed by atoms with Crippen LogP contribution in [0.3, 0.4) is 0 Å². The summed E-state index contributed by atoms with van der Waals surface area (Å²) in [6.07, 6.45) is -1.68. The normalized spacial score (nSPS) is 11.8. The molecule has 0 fully saturated rings. The molecular weight excluding hydrogens is 140 g/mol. The molecule has 0 aromatic rings. The number of amides is 2. The van der Waals surface area contributed by atoms with E-state index in [0.717, 1.165) is 7.11 Å². The van der Waals surface area contributed by atoms with Crippen molar-refractivity contribution in [2.24, 2.45) is 5.73 Å². The molecule has 0 heterocycles. The third kappa shape index (κ3) is 2.88. The first-order valence-electron chi connectivity index (χ1n) is 2.39. The number of hydrogen-bond acceptors (Lipinski definition) is 4. The minimum atomic E-state index is -1.68. The van der Waals surface area contributed by atoms with E-state index in [1.165, 1.54) is 0 Å². The summed E-state index contributed by atoms with van der Waals surface area (Å²) in [6, 6.07) is -0.988. The van der Waals surface area contributed by atoms with E-state index < -0.39 is 18.2 Å². The van der Waals surface area contributed by atoms with Crippen LogP contribution in [0.4, 0.5) is 4.79 Å². The van der Waals surface area contributed by atoms with Gasteiger partial charge < -0.3 is 20.9 Å². The fourth-order valence-electron chi connectivity index (χ4n) is 0.305. The predicted octanol–water partition coefficient (Wildman–Crippen LogP) is -1.85. The van der Waals surface area contributed by atoms with Gasteiger partial charge in [0.1, 0.15) is 0 Å². The number of carbonyl (C=O) groups is 2. The van der Waals surface area contributed by atoms with Gasteiger partial charge in [-0.15, -0.1) is 0 Å². The van der Waals surface area contributed by atoms with Crippen LogP contribution in [0.15, 0.2) is 0 Å². The summed E-state index contributed by atoms with van der Waals surface area (Å²) in [5.41, 5.74) is 4.57. The second-order valence-electron chi connectivity index (χ2n) is 1.43. The zero-order chi connectivity index (χ0) is 8.15. The number of esters is 1. The van der Waals surface area contributed by atoms with E-state index >= 15 is 0 Å². The van der Waals surface area contributed by atoms with Gasteiger partial charge in [0.05, 0.1) is 7.11 Å². The highest BCUT2D eigenvalue weighted by Crippen LogP contribution is 1.79. The number of urea groups is 1. The van der Waals surface area contributed by atoms with Gasteiger partial charge in [-0.2, -0.15) is 0 Å². The Morgan fingerprint density at radius 1 is 1.70 bits per heavy atom. The minimum Gasteiger partial charge on any atom is -0.466 e. The van der Waals surface area contributed by atoms with Gasteiger partial charge in [0.2, 0.25) is 6.23 Å². The zero-order valence-electron chi connectivity index (χ0n) is 5.33. The van der Waals surface area contributed by atoms with Crippen molar-refractivity contribution in [3.8, 4) is 0 Å². The summed E-state index contributed by atoms with van der Waals surface area (Å²) in [7, 11) is 1.08. The first-order valence-corrected chi connectivity index (χ1v) is 2.39. The molecule has 6 heteroatoms. The molecule has 0 saturated carbocycles. The van der Waals surface area contributed by atoms with Crippen LogP contribution in [0.25, 0.3) is 0 Å². The number of methoxy groups -OCH3 is 1. The average Bonchev–Trinajstić information content (AvgIpc) is 1.85. The van der Waals surface area contributed by atoms with E-state index in [2.05, 4.69) is 10.5 Å². The summed E-state index contributed by atoms with van der Waals surface area (Å²) in [5, 5.41) is 10.3. The lowest BCUT2D eigenvalue weighted by molar-refractivity contribution is -0.151. The van der Waals surface area contributed by atoms with Gasteiger partial charge in [-0.05, 0) is 0 Å². The van der Waals surface area contributed by atoms with Gasteiger partial charge >= 0.3 is 12.0 Å². The van der Waals surface area contributed by atoms with Gasteiger partial charge in [-0.1, -0.05) is 0 Å². The van der Waals surface area contributed by atoms with Crippen molar-refractivity contribution in [2.75, 3.05) is 7.11 Å². The average molecular weight is 148 g/mol. The van der Waals surface area contributed by atoms with Crippen molar-refractivity contribution in [1.29, 1.82) is 0 Å². The zero-order valence-corrected chi connectivity index (χ0v) is 5.33. The maximum Gasteiger partial charge on any atom is 0.356 e. The largest absolute Gasteiger partial charge is 0.466 e. The fraction of sp³-hybridized carbons (Fsp3) is 0.500. The molecule has 4 N–H and O–H groups in total. The number of carbonyl (C=O) groups excluding carboxylic acids is 2. The molecule has 10 heavy (non-hydrogen) atoms. The molecular formula is C4H8N2O4.